The summed E-state index contributed by atoms with van der Waals surface area (Å²) in [4.78, 5) is 12.3. The summed E-state index contributed by atoms with van der Waals surface area (Å²) in [6, 6.07) is 0. The van der Waals surface area contributed by atoms with Crippen molar-refractivity contribution in [3.63, 3.8) is 0 Å². The Hall–Kier alpha value is -1.34. The fourth-order valence-electron chi connectivity index (χ4n) is 1.00. The predicted octanol–water partition coefficient (Wildman–Crippen LogP) is 1.83. The zero-order valence-corrected chi connectivity index (χ0v) is 10.0. The van der Waals surface area contributed by atoms with Crippen LogP contribution in [0.15, 0.2) is 22.7 Å². The van der Waals surface area contributed by atoms with E-state index in [1.54, 1.807) is 6.20 Å². The number of halogens is 1. The molecule has 2 N–H and O–H groups in total. The second-order valence-electron chi connectivity index (χ2n) is 2.77. The Morgan fingerprint density at radius 2 is 2.38 bits per heavy atom. The van der Waals surface area contributed by atoms with Crippen LogP contribution in [-0.2, 0) is 0 Å². The smallest absolute Gasteiger partial charge is 0.223 e. The SMILES string of the molecule is CCNc1ncc(Cl)c(Sc2ncn[nH]2)n1. The third-order valence-electron chi connectivity index (χ3n) is 1.63. The summed E-state index contributed by atoms with van der Waals surface area (Å²) in [6.07, 6.45) is 2.99. The van der Waals surface area contributed by atoms with Crippen LogP contribution in [0.4, 0.5) is 5.95 Å². The molecule has 0 spiro atoms. The van der Waals surface area contributed by atoms with Gasteiger partial charge in [-0.25, -0.2) is 15.0 Å². The van der Waals surface area contributed by atoms with Gasteiger partial charge < -0.3 is 5.32 Å². The van der Waals surface area contributed by atoms with Gasteiger partial charge in [0.2, 0.25) is 5.95 Å². The maximum absolute atomic E-state index is 5.98. The van der Waals surface area contributed by atoms with Crippen molar-refractivity contribution in [2.45, 2.75) is 17.1 Å². The zero-order chi connectivity index (χ0) is 11.4. The molecule has 0 aromatic carbocycles. The molecular weight excluding hydrogens is 248 g/mol. The van der Waals surface area contributed by atoms with E-state index < -0.39 is 0 Å². The molecule has 0 aliphatic rings. The molecule has 0 amide bonds. The molecule has 0 aliphatic heterocycles. The van der Waals surface area contributed by atoms with Gasteiger partial charge in [0.25, 0.3) is 0 Å². The van der Waals surface area contributed by atoms with Crippen molar-refractivity contribution in [3.05, 3.63) is 17.5 Å². The summed E-state index contributed by atoms with van der Waals surface area (Å²) in [5.74, 6) is 0.550. The molecule has 0 saturated carbocycles. The van der Waals surface area contributed by atoms with Crippen molar-refractivity contribution in [1.29, 1.82) is 0 Å². The van der Waals surface area contributed by atoms with E-state index in [1.807, 2.05) is 6.92 Å². The van der Waals surface area contributed by atoms with E-state index in [4.69, 9.17) is 11.6 Å². The molecule has 2 aromatic heterocycles. The van der Waals surface area contributed by atoms with Gasteiger partial charge in [-0.1, -0.05) is 11.6 Å². The normalized spacial score (nSPS) is 10.4. The van der Waals surface area contributed by atoms with Crippen molar-refractivity contribution >= 4 is 29.3 Å². The Bertz CT molecular complexity index is 460. The van der Waals surface area contributed by atoms with E-state index in [2.05, 4.69) is 30.5 Å². The van der Waals surface area contributed by atoms with Crippen molar-refractivity contribution in [3.8, 4) is 0 Å². The number of rotatable bonds is 4. The number of hydrogen-bond donors (Lipinski definition) is 2. The molecule has 0 radical (unpaired) electrons. The molecule has 2 heterocycles. The Morgan fingerprint density at radius 1 is 1.50 bits per heavy atom. The molecule has 2 aromatic rings. The minimum absolute atomic E-state index is 0.489. The Labute approximate surface area is 101 Å². The van der Waals surface area contributed by atoms with Gasteiger partial charge in [-0.05, 0) is 18.7 Å². The van der Waals surface area contributed by atoms with Crippen LogP contribution in [0.3, 0.4) is 0 Å². The fraction of sp³-hybridized carbons (Fsp3) is 0.250. The minimum atomic E-state index is 0.489. The monoisotopic (exact) mass is 256 g/mol. The van der Waals surface area contributed by atoms with E-state index in [9.17, 15) is 0 Å². The van der Waals surface area contributed by atoms with Crippen LogP contribution in [0.1, 0.15) is 6.92 Å². The van der Waals surface area contributed by atoms with E-state index in [1.165, 1.54) is 18.1 Å². The average Bonchev–Trinajstić information content (AvgIpc) is 2.76. The van der Waals surface area contributed by atoms with E-state index in [0.29, 0.717) is 21.2 Å². The molecule has 8 heteroatoms. The van der Waals surface area contributed by atoms with Crippen LogP contribution in [0, 0.1) is 0 Å². The number of anilines is 1. The molecule has 2 rings (SSSR count). The largest absolute Gasteiger partial charge is 0.354 e. The van der Waals surface area contributed by atoms with Crippen molar-refractivity contribution < 1.29 is 0 Å². The highest BCUT2D eigenvalue weighted by Gasteiger charge is 2.08. The molecule has 0 aliphatic carbocycles. The fourth-order valence-corrected chi connectivity index (χ4v) is 1.87. The second-order valence-corrected chi connectivity index (χ2v) is 4.15. The van der Waals surface area contributed by atoms with Gasteiger partial charge >= 0.3 is 0 Å². The number of aromatic amines is 1. The van der Waals surface area contributed by atoms with Crippen molar-refractivity contribution in [1.82, 2.24) is 25.1 Å². The van der Waals surface area contributed by atoms with Crippen LogP contribution in [-0.4, -0.2) is 31.7 Å². The maximum atomic E-state index is 5.98. The lowest BCUT2D eigenvalue weighted by atomic mass is 10.6. The van der Waals surface area contributed by atoms with Crippen LogP contribution in [0.2, 0.25) is 5.02 Å². The lowest BCUT2D eigenvalue weighted by Gasteiger charge is -2.04. The van der Waals surface area contributed by atoms with E-state index >= 15 is 0 Å². The first-order chi connectivity index (χ1) is 7.79. The Kier molecular flexibility index (Phi) is 3.58. The van der Waals surface area contributed by atoms with Gasteiger partial charge in [0.05, 0.1) is 11.2 Å². The molecule has 0 fully saturated rings. The maximum Gasteiger partial charge on any atom is 0.223 e. The average molecular weight is 257 g/mol. The summed E-state index contributed by atoms with van der Waals surface area (Å²) in [5.41, 5.74) is 0. The first-order valence-electron chi connectivity index (χ1n) is 4.59. The van der Waals surface area contributed by atoms with Gasteiger partial charge in [0.1, 0.15) is 11.4 Å². The summed E-state index contributed by atoms with van der Waals surface area (Å²) in [6.45, 7) is 2.73. The van der Waals surface area contributed by atoms with E-state index in [0.717, 1.165) is 6.54 Å². The van der Waals surface area contributed by atoms with Gasteiger partial charge in [-0.3, -0.25) is 5.10 Å². The number of aromatic nitrogens is 5. The number of hydrogen-bond acceptors (Lipinski definition) is 6. The molecule has 0 unspecified atom stereocenters. The molecule has 0 bridgehead atoms. The van der Waals surface area contributed by atoms with Gasteiger partial charge in [0, 0.05) is 6.54 Å². The highest BCUT2D eigenvalue weighted by Crippen LogP contribution is 2.29. The topological polar surface area (TPSA) is 79.4 Å². The van der Waals surface area contributed by atoms with Crippen LogP contribution in [0.25, 0.3) is 0 Å². The summed E-state index contributed by atoms with van der Waals surface area (Å²) in [7, 11) is 0. The molecule has 6 nitrogen and oxygen atoms in total. The molecule has 84 valence electrons. The number of H-pyrrole nitrogens is 1. The van der Waals surface area contributed by atoms with Crippen LogP contribution in [0.5, 0.6) is 0 Å². The second kappa shape index (κ2) is 5.13. The Balaban J connectivity index is 2.21. The van der Waals surface area contributed by atoms with Crippen molar-refractivity contribution in [2.24, 2.45) is 0 Å². The van der Waals surface area contributed by atoms with Gasteiger partial charge in [-0.2, -0.15) is 5.10 Å². The van der Waals surface area contributed by atoms with E-state index in [-0.39, 0.29) is 0 Å². The van der Waals surface area contributed by atoms with Gasteiger partial charge in [-0.15, -0.1) is 0 Å². The lowest BCUT2D eigenvalue weighted by Crippen LogP contribution is -2.02. The highest BCUT2D eigenvalue weighted by molar-refractivity contribution is 7.99. The van der Waals surface area contributed by atoms with Crippen molar-refractivity contribution in [2.75, 3.05) is 11.9 Å². The molecule has 16 heavy (non-hydrogen) atoms. The number of nitrogens with zero attached hydrogens (tertiary/aromatic N) is 4. The minimum Gasteiger partial charge on any atom is -0.354 e. The lowest BCUT2D eigenvalue weighted by molar-refractivity contribution is 0.960. The third-order valence-corrected chi connectivity index (χ3v) is 2.92. The highest BCUT2D eigenvalue weighted by atomic mass is 35.5. The Morgan fingerprint density at radius 3 is 3.06 bits per heavy atom. The molecule has 0 saturated heterocycles. The number of nitrogens with one attached hydrogen (secondary N) is 2. The standard InChI is InChI=1S/C8H9ClN6S/c1-2-10-7-11-3-5(9)6(14-7)16-8-12-4-13-15-8/h3-4H,2H2,1H3,(H,10,11,14)(H,12,13,15). The zero-order valence-electron chi connectivity index (χ0n) is 8.44. The first-order valence-corrected chi connectivity index (χ1v) is 5.78. The molecular formula is C8H9ClN6S. The van der Waals surface area contributed by atoms with Crippen LogP contribution >= 0.6 is 23.4 Å². The van der Waals surface area contributed by atoms with Gasteiger partial charge in [0.15, 0.2) is 5.16 Å². The molecule has 0 atom stereocenters. The third kappa shape index (κ3) is 2.61. The summed E-state index contributed by atoms with van der Waals surface area (Å²) >= 11 is 7.29. The predicted molar refractivity (Wildman–Crippen MR) is 61.7 cm³/mol. The van der Waals surface area contributed by atoms with Crippen LogP contribution < -0.4 is 5.32 Å². The summed E-state index contributed by atoms with van der Waals surface area (Å²) in [5, 5.41) is 11.3. The quantitative estimate of drug-likeness (QED) is 0.813. The first kappa shape index (κ1) is 11.2. The summed E-state index contributed by atoms with van der Waals surface area (Å²) < 4.78 is 0.